The van der Waals surface area contributed by atoms with Gasteiger partial charge in [-0.1, -0.05) is 29.8 Å². The molecule has 1 N–H and O–H groups in total. The van der Waals surface area contributed by atoms with Crippen LogP contribution in [0.2, 0.25) is 5.02 Å². The molecule has 0 aliphatic rings. The third kappa shape index (κ3) is 3.32. The van der Waals surface area contributed by atoms with Crippen molar-refractivity contribution in [3.05, 3.63) is 81.6 Å². The molecule has 1 aromatic heterocycles. The summed E-state index contributed by atoms with van der Waals surface area (Å²) in [5, 5.41) is 18.5. The van der Waals surface area contributed by atoms with Gasteiger partial charge in [-0.2, -0.15) is 5.10 Å². The van der Waals surface area contributed by atoms with E-state index in [1.165, 1.54) is 12.1 Å². The highest BCUT2D eigenvalue weighted by Crippen LogP contribution is 2.27. The lowest BCUT2D eigenvalue weighted by atomic mass is 10.1. The minimum Gasteiger partial charge on any atom is -0.380 e. The van der Waals surface area contributed by atoms with Gasteiger partial charge in [-0.15, -0.1) is 0 Å². The number of nitrogens with one attached hydrogen (secondary N) is 1. The van der Waals surface area contributed by atoms with E-state index >= 15 is 0 Å². The van der Waals surface area contributed by atoms with Crippen LogP contribution in [0.25, 0.3) is 5.69 Å². The van der Waals surface area contributed by atoms with E-state index in [9.17, 15) is 10.1 Å². The molecule has 0 aliphatic heterocycles. The Hall–Kier alpha value is -2.86. The molecule has 116 valence electrons. The molecular weight excluding hydrogens is 316 g/mol. The molecule has 0 spiro atoms. The standard InChI is InChI=1S/C16H13ClN4O2/c17-14-10-13(21(22)23)6-7-15(14)18-11-12-4-1-2-5-16(12)20-9-3-8-19-20/h1-10,18H,11H2. The molecule has 3 rings (SSSR count). The third-order valence-corrected chi connectivity index (χ3v) is 3.69. The second-order valence-electron chi connectivity index (χ2n) is 4.85. The molecule has 0 aliphatic carbocycles. The van der Waals surface area contributed by atoms with Crippen LogP contribution in [0.5, 0.6) is 0 Å². The number of para-hydroxylation sites is 1. The zero-order valence-corrected chi connectivity index (χ0v) is 12.8. The molecule has 23 heavy (non-hydrogen) atoms. The summed E-state index contributed by atoms with van der Waals surface area (Å²) in [5.41, 5.74) is 2.61. The van der Waals surface area contributed by atoms with Crippen LogP contribution in [0.1, 0.15) is 5.56 Å². The Labute approximate surface area is 137 Å². The number of nitro groups is 1. The summed E-state index contributed by atoms with van der Waals surface area (Å²) in [6.45, 7) is 0.521. The summed E-state index contributed by atoms with van der Waals surface area (Å²) in [7, 11) is 0. The quantitative estimate of drug-likeness (QED) is 0.566. The molecule has 0 fully saturated rings. The summed E-state index contributed by atoms with van der Waals surface area (Å²) in [6, 6.07) is 14.1. The van der Waals surface area contributed by atoms with Crippen molar-refractivity contribution in [2.75, 3.05) is 5.32 Å². The number of benzene rings is 2. The van der Waals surface area contributed by atoms with Crippen molar-refractivity contribution in [3.63, 3.8) is 0 Å². The number of non-ortho nitro benzene ring substituents is 1. The Morgan fingerprint density at radius 2 is 2.04 bits per heavy atom. The fraction of sp³-hybridized carbons (Fsp3) is 0.0625. The Balaban J connectivity index is 1.81. The summed E-state index contributed by atoms with van der Waals surface area (Å²) in [5.74, 6) is 0. The number of nitro benzene ring substituents is 1. The van der Waals surface area contributed by atoms with Crippen LogP contribution in [0.3, 0.4) is 0 Å². The van der Waals surface area contributed by atoms with Crippen LogP contribution in [0, 0.1) is 10.1 Å². The number of hydrogen-bond acceptors (Lipinski definition) is 4. The van der Waals surface area contributed by atoms with Gasteiger partial charge in [0.15, 0.2) is 0 Å². The average Bonchev–Trinajstić information content (AvgIpc) is 3.08. The lowest BCUT2D eigenvalue weighted by Crippen LogP contribution is -2.06. The molecule has 0 radical (unpaired) electrons. The predicted octanol–water partition coefficient (Wildman–Crippen LogP) is 4.05. The van der Waals surface area contributed by atoms with Gasteiger partial charge in [0, 0.05) is 31.1 Å². The summed E-state index contributed by atoms with van der Waals surface area (Å²) in [6.07, 6.45) is 3.59. The van der Waals surface area contributed by atoms with Crippen LogP contribution in [-0.2, 0) is 6.54 Å². The fourth-order valence-corrected chi connectivity index (χ4v) is 2.49. The Kier molecular flexibility index (Phi) is 4.25. The van der Waals surface area contributed by atoms with Gasteiger partial charge in [0.05, 0.1) is 21.3 Å². The molecule has 3 aromatic rings. The maximum absolute atomic E-state index is 10.7. The second-order valence-corrected chi connectivity index (χ2v) is 5.26. The van der Waals surface area contributed by atoms with Crippen molar-refractivity contribution in [1.29, 1.82) is 0 Å². The first-order valence-corrected chi connectivity index (χ1v) is 7.28. The topological polar surface area (TPSA) is 73.0 Å². The molecule has 0 saturated heterocycles. The van der Waals surface area contributed by atoms with Crippen molar-refractivity contribution < 1.29 is 4.92 Å². The molecular formula is C16H13ClN4O2. The van der Waals surface area contributed by atoms with Crippen LogP contribution < -0.4 is 5.32 Å². The first-order valence-electron chi connectivity index (χ1n) is 6.91. The Morgan fingerprint density at radius 1 is 1.22 bits per heavy atom. The van der Waals surface area contributed by atoms with Crippen LogP contribution in [0.4, 0.5) is 11.4 Å². The number of hydrogen-bond donors (Lipinski definition) is 1. The normalized spacial score (nSPS) is 10.5. The molecule has 1 heterocycles. The van der Waals surface area contributed by atoms with E-state index in [4.69, 9.17) is 11.6 Å². The van der Waals surface area contributed by atoms with Gasteiger partial charge < -0.3 is 5.32 Å². The maximum atomic E-state index is 10.7. The lowest BCUT2D eigenvalue weighted by molar-refractivity contribution is -0.384. The van der Waals surface area contributed by atoms with E-state index in [1.54, 1.807) is 16.9 Å². The monoisotopic (exact) mass is 328 g/mol. The maximum Gasteiger partial charge on any atom is 0.271 e. The van der Waals surface area contributed by atoms with Crippen molar-refractivity contribution in [2.24, 2.45) is 0 Å². The summed E-state index contributed by atoms with van der Waals surface area (Å²) in [4.78, 5) is 10.3. The highest BCUT2D eigenvalue weighted by molar-refractivity contribution is 6.33. The SMILES string of the molecule is O=[N+]([O-])c1ccc(NCc2ccccc2-n2cccn2)c(Cl)c1. The summed E-state index contributed by atoms with van der Waals surface area (Å²) < 4.78 is 1.79. The number of aromatic nitrogens is 2. The largest absolute Gasteiger partial charge is 0.380 e. The van der Waals surface area contributed by atoms with E-state index in [0.717, 1.165) is 11.3 Å². The molecule has 0 atom stereocenters. The zero-order chi connectivity index (χ0) is 16.2. The molecule has 2 aromatic carbocycles. The van der Waals surface area contributed by atoms with Gasteiger partial charge in [0.2, 0.25) is 0 Å². The predicted molar refractivity (Wildman–Crippen MR) is 89.0 cm³/mol. The minimum absolute atomic E-state index is 0.0301. The van der Waals surface area contributed by atoms with E-state index in [1.807, 2.05) is 36.5 Å². The molecule has 7 heteroatoms. The van der Waals surface area contributed by atoms with E-state index < -0.39 is 4.92 Å². The van der Waals surface area contributed by atoms with Crippen LogP contribution >= 0.6 is 11.6 Å². The molecule has 0 amide bonds. The second kappa shape index (κ2) is 6.50. The first kappa shape index (κ1) is 15.1. The van der Waals surface area contributed by atoms with Crippen molar-refractivity contribution in [1.82, 2.24) is 9.78 Å². The highest BCUT2D eigenvalue weighted by Gasteiger charge is 2.10. The van der Waals surface area contributed by atoms with Gasteiger partial charge in [0.25, 0.3) is 5.69 Å². The van der Waals surface area contributed by atoms with Gasteiger partial charge >= 0.3 is 0 Å². The number of anilines is 1. The summed E-state index contributed by atoms with van der Waals surface area (Å²) >= 11 is 6.09. The average molecular weight is 329 g/mol. The van der Waals surface area contributed by atoms with Crippen LogP contribution in [0.15, 0.2) is 60.9 Å². The molecule has 0 bridgehead atoms. The molecule has 0 saturated carbocycles. The zero-order valence-electron chi connectivity index (χ0n) is 12.0. The van der Waals surface area contributed by atoms with Crippen molar-refractivity contribution >= 4 is 23.0 Å². The smallest absolute Gasteiger partial charge is 0.271 e. The number of nitrogens with zero attached hydrogens (tertiary/aromatic N) is 3. The van der Waals surface area contributed by atoms with Gasteiger partial charge in [0.1, 0.15) is 0 Å². The third-order valence-electron chi connectivity index (χ3n) is 3.38. The molecule has 0 unspecified atom stereocenters. The van der Waals surface area contributed by atoms with Gasteiger partial charge in [-0.05, 0) is 23.8 Å². The lowest BCUT2D eigenvalue weighted by Gasteiger charge is -2.12. The first-order chi connectivity index (χ1) is 11.1. The number of halogens is 1. The molecule has 6 nitrogen and oxygen atoms in total. The fourth-order valence-electron chi connectivity index (χ4n) is 2.25. The van der Waals surface area contributed by atoms with Gasteiger partial charge in [-0.3, -0.25) is 10.1 Å². The van der Waals surface area contributed by atoms with E-state index in [2.05, 4.69) is 10.4 Å². The van der Waals surface area contributed by atoms with Gasteiger partial charge in [-0.25, -0.2) is 4.68 Å². The minimum atomic E-state index is -0.470. The highest BCUT2D eigenvalue weighted by atomic mass is 35.5. The van der Waals surface area contributed by atoms with Crippen LogP contribution in [-0.4, -0.2) is 14.7 Å². The Morgan fingerprint density at radius 3 is 2.74 bits per heavy atom. The van der Waals surface area contributed by atoms with E-state index in [-0.39, 0.29) is 5.69 Å². The Bertz CT molecular complexity index is 834. The van der Waals surface area contributed by atoms with Crippen molar-refractivity contribution in [2.45, 2.75) is 6.54 Å². The number of rotatable bonds is 5. The van der Waals surface area contributed by atoms with E-state index in [0.29, 0.717) is 17.3 Å². The van der Waals surface area contributed by atoms with Crippen molar-refractivity contribution in [3.8, 4) is 5.69 Å².